The second kappa shape index (κ2) is 5.97. The van der Waals surface area contributed by atoms with Gasteiger partial charge >= 0.3 is 6.03 Å². The SMILES string of the molecule is CN(CC1CCCN1)C(=O)Nc1ccc(F)cc1F. The molecular weight excluding hydrogens is 252 g/mol. The molecule has 1 aromatic carbocycles. The number of carbonyl (C=O) groups excluding carboxylic acids is 1. The number of urea groups is 1. The summed E-state index contributed by atoms with van der Waals surface area (Å²) in [5, 5.41) is 5.71. The van der Waals surface area contributed by atoms with E-state index in [1.54, 1.807) is 7.05 Å². The lowest BCUT2D eigenvalue weighted by Crippen LogP contribution is -2.40. The van der Waals surface area contributed by atoms with Crippen LogP contribution < -0.4 is 10.6 Å². The molecule has 0 spiro atoms. The Morgan fingerprint density at radius 1 is 1.53 bits per heavy atom. The van der Waals surface area contributed by atoms with E-state index < -0.39 is 17.7 Å². The maximum absolute atomic E-state index is 13.4. The number of nitrogens with zero attached hydrogens (tertiary/aromatic N) is 1. The number of halogens is 2. The second-order valence-corrected chi connectivity index (χ2v) is 4.73. The van der Waals surface area contributed by atoms with Crippen LogP contribution in [0.5, 0.6) is 0 Å². The van der Waals surface area contributed by atoms with Crippen LogP contribution in [0, 0.1) is 11.6 Å². The monoisotopic (exact) mass is 269 g/mol. The number of hydrogen-bond donors (Lipinski definition) is 2. The maximum Gasteiger partial charge on any atom is 0.321 e. The highest BCUT2D eigenvalue weighted by atomic mass is 19.1. The Kier molecular flexibility index (Phi) is 4.31. The van der Waals surface area contributed by atoms with Crippen molar-refractivity contribution in [1.29, 1.82) is 0 Å². The molecule has 1 aliphatic heterocycles. The van der Waals surface area contributed by atoms with E-state index in [2.05, 4.69) is 10.6 Å². The fraction of sp³-hybridized carbons (Fsp3) is 0.462. The second-order valence-electron chi connectivity index (χ2n) is 4.73. The predicted molar refractivity (Wildman–Crippen MR) is 69.0 cm³/mol. The lowest BCUT2D eigenvalue weighted by molar-refractivity contribution is 0.218. The molecule has 1 heterocycles. The molecule has 19 heavy (non-hydrogen) atoms. The van der Waals surface area contributed by atoms with E-state index in [4.69, 9.17) is 0 Å². The minimum Gasteiger partial charge on any atom is -0.326 e. The average Bonchev–Trinajstić information content (AvgIpc) is 2.85. The zero-order chi connectivity index (χ0) is 13.8. The van der Waals surface area contributed by atoms with E-state index in [0.717, 1.165) is 31.5 Å². The van der Waals surface area contributed by atoms with Gasteiger partial charge in [-0.25, -0.2) is 13.6 Å². The number of carbonyl (C=O) groups is 1. The molecule has 104 valence electrons. The number of anilines is 1. The number of nitrogens with one attached hydrogen (secondary N) is 2. The molecule has 0 bridgehead atoms. The maximum atomic E-state index is 13.4. The molecule has 4 nitrogen and oxygen atoms in total. The van der Waals surface area contributed by atoms with Gasteiger partial charge in [0, 0.05) is 25.7 Å². The summed E-state index contributed by atoms with van der Waals surface area (Å²) in [6, 6.07) is 2.95. The van der Waals surface area contributed by atoms with Gasteiger partial charge in [-0.15, -0.1) is 0 Å². The van der Waals surface area contributed by atoms with Gasteiger partial charge in [0.15, 0.2) is 0 Å². The van der Waals surface area contributed by atoms with Gasteiger partial charge in [-0.3, -0.25) is 0 Å². The highest BCUT2D eigenvalue weighted by molar-refractivity contribution is 5.89. The average molecular weight is 269 g/mol. The summed E-state index contributed by atoms with van der Waals surface area (Å²) in [6.07, 6.45) is 2.13. The summed E-state index contributed by atoms with van der Waals surface area (Å²) in [6.45, 7) is 1.53. The third-order valence-corrected chi connectivity index (χ3v) is 3.18. The van der Waals surface area contributed by atoms with E-state index in [1.807, 2.05) is 0 Å². The summed E-state index contributed by atoms with van der Waals surface area (Å²) < 4.78 is 26.1. The van der Waals surface area contributed by atoms with Crippen LogP contribution in [-0.2, 0) is 0 Å². The molecule has 1 saturated heterocycles. The molecule has 2 N–H and O–H groups in total. The third kappa shape index (κ3) is 3.64. The van der Waals surface area contributed by atoms with Crippen molar-refractivity contribution in [3.63, 3.8) is 0 Å². The zero-order valence-electron chi connectivity index (χ0n) is 10.7. The van der Waals surface area contributed by atoms with Crippen LogP contribution >= 0.6 is 0 Å². The molecule has 1 unspecified atom stereocenters. The van der Waals surface area contributed by atoms with E-state index in [0.29, 0.717) is 6.54 Å². The first-order valence-electron chi connectivity index (χ1n) is 6.27. The Balaban J connectivity index is 1.92. The van der Waals surface area contributed by atoms with Crippen molar-refractivity contribution >= 4 is 11.7 Å². The molecule has 1 fully saturated rings. The van der Waals surface area contributed by atoms with Gasteiger partial charge in [-0.1, -0.05) is 0 Å². The van der Waals surface area contributed by atoms with Crippen molar-refractivity contribution in [2.75, 3.05) is 25.5 Å². The number of benzene rings is 1. The molecular formula is C13H17F2N3O. The van der Waals surface area contributed by atoms with Crippen LogP contribution in [0.1, 0.15) is 12.8 Å². The normalized spacial score (nSPS) is 18.4. The first-order valence-corrected chi connectivity index (χ1v) is 6.27. The summed E-state index contributed by atoms with van der Waals surface area (Å²) in [5.74, 6) is -1.44. The van der Waals surface area contributed by atoms with Crippen LogP contribution in [-0.4, -0.2) is 37.1 Å². The van der Waals surface area contributed by atoms with Crippen LogP contribution in [0.4, 0.5) is 19.3 Å². The summed E-state index contributed by atoms with van der Waals surface area (Å²) >= 11 is 0. The Morgan fingerprint density at radius 3 is 2.95 bits per heavy atom. The number of hydrogen-bond acceptors (Lipinski definition) is 2. The molecule has 6 heteroatoms. The van der Waals surface area contributed by atoms with Gasteiger partial charge in [-0.05, 0) is 31.5 Å². The van der Waals surface area contributed by atoms with Gasteiger partial charge < -0.3 is 15.5 Å². The topological polar surface area (TPSA) is 44.4 Å². The van der Waals surface area contributed by atoms with E-state index in [1.165, 1.54) is 11.0 Å². The Morgan fingerprint density at radius 2 is 2.32 bits per heavy atom. The molecule has 2 rings (SSSR count). The molecule has 0 aliphatic carbocycles. The first kappa shape index (κ1) is 13.7. The first-order chi connectivity index (χ1) is 9.06. The molecule has 0 aromatic heterocycles. The predicted octanol–water partition coefficient (Wildman–Crippen LogP) is 2.18. The Bertz CT molecular complexity index is 461. The van der Waals surface area contributed by atoms with E-state index in [-0.39, 0.29) is 11.7 Å². The van der Waals surface area contributed by atoms with Crippen molar-refractivity contribution < 1.29 is 13.6 Å². The molecule has 1 aliphatic rings. The molecule has 2 amide bonds. The smallest absolute Gasteiger partial charge is 0.321 e. The van der Waals surface area contributed by atoms with Crippen LogP contribution in [0.15, 0.2) is 18.2 Å². The zero-order valence-corrected chi connectivity index (χ0v) is 10.7. The van der Waals surface area contributed by atoms with Crippen LogP contribution in [0.25, 0.3) is 0 Å². The van der Waals surface area contributed by atoms with Gasteiger partial charge in [-0.2, -0.15) is 0 Å². The summed E-state index contributed by atoms with van der Waals surface area (Å²) in [4.78, 5) is 13.4. The largest absolute Gasteiger partial charge is 0.326 e. The van der Waals surface area contributed by atoms with Gasteiger partial charge in [0.25, 0.3) is 0 Å². The van der Waals surface area contributed by atoms with Crippen molar-refractivity contribution in [3.8, 4) is 0 Å². The quantitative estimate of drug-likeness (QED) is 0.883. The minimum atomic E-state index is -0.777. The van der Waals surface area contributed by atoms with Crippen molar-refractivity contribution in [2.45, 2.75) is 18.9 Å². The number of rotatable bonds is 3. The number of amides is 2. The van der Waals surface area contributed by atoms with Gasteiger partial charge in [0.1, 0.15) is 11.6 Å². The van der Waals surface area contributed by atoms with Gasteiger partial charge in [0.2, 0.25) is 0 Å². The van der Waals surface area contributed by atoms with Crippen molar-refractivity contribution in [1.82, 2.24) is 10.2 Å². The Hall–Kier alpha value is -1.69. The van der Waals surface area contributed by atoms with Crippen molar-refractivity contribution in [2.24, 2.45) is 0 Å². The molecule has 1 aromatic rings. The van der Waals surface area contributed by atoms with Crippen LogP contribution in [0.2, 0.25) is 0 Å². The standard InChI is InChI=1S/C13H17F2N3O/c1-18(8-10-3-2-6-16-10)13(19)17-12-5-4-9(14)7-11(12)15/h4-5,7,10,16H,2-3,6,8H2,1H3,(H,17,19). The van der Waals surface area contributed by atoms with Crippen LogP contribution in [0.3, 0.4) is 0 Å². The molecule has 0 radical (unpaired) electrons. The lowest BCUT2D eigenvalue weighted by atomic mass is 10.2. The van der Waals surface area contributed by atoms with E-state index >= 15 is 0 Å². The number of likely N-dealkylation sites (N-methyl/N-ethyl adjacent to an activating group) is 1. The third-order valence-electron chi connectivity index (χ3n) is 3.18. The van der Waals surface area contributed by atoms with Crippen molar-refractivity contribution in [3.05, 3.63) is 29.8 Å². The molecule has 1 atom stereocenters. The fourth-order valence-electron chi connectivity index (χ4n) is 2.13. The summed E-state index contributed by atoms with van der Waals surface area (Å²) in [5.41, 5.74) is -0.0161. The summed E-state index contributed by atoms with van der Waals surface area (Å²) in [7, 11) is 1.65. The Labute approximate surface area is 110 Å². The highest BCUT2D eigenvalue weighted by Gasteiger charge is 2.19. The highest BCUT2D eigenvalue weighted by Crippen LogP contribution is 2.15. The van der Waals surface area contributed by atoms with E-state index in [9.17, 15) is 13.6 Å². The van der Waals surface area contributed by atoms with Gasteiger partial charge in [0.05, 0.1) is 5.69 Å². The minimum absolute atomic E-state index is 0.0161. The lowest BCUT2D eigenvalue weighted by Gasteiger charge is -2.21. The fourth-order valence-corrected chi connectivity index (χ4v) is 2.13. The molecule has 0 saturated carbocycles.